The van der Waals surface area contributed by atoms with E-state index in [1.54, 1.807) is 0 Å². The number of piperidine rings is 1. The Hall–Kier alpha value is -0.550. The third-order valence-electron chi connectivity index (χ3n) is 2.53. The van der Waals surface area contributed by atoms with Crippen molar-refractivity contribution in [3.8, 4) is 0 Å². The van der Waals surface area contributed by atoms with E-state index in [0.717, 1.165) is 0 Å². The van der Waals surface area contributed by atoms with Crippen molar-refractivity contribution in [2.75, 3.05) is 19.7 Å². The van der Waals surface area contributed by atoms with Crippen LogP contribution in [0.25, 0.3) is 0 Å². The van der Waals surface area contributed by atoms with Gasteiger partial charge in [-0.25, -0.2) is 8.78 Å². The lowest BCUT2D eigenvalue weighted by atomic mass is 9.87. The zero-order valence-electron chi connectivity index (χ0n) is 7.06. The fraction of sp³-hybridized carbons (Fsp3) is 0.875. The number of ether oxygens (including phenoxy) is 1. The van der Waals surface area contributed by atoms with E-state index in [4.69, 9.17) is 4.74 Å². The number of ketones is 1. The summed E-state index contributed by atoms with van der Waals surface area (Å²) in [5, 5.41) is 2.61. The Morgan fingerprint density at radius 1 is 1.54 bits per heavy atom. The van der Waals surface area contributed by atoms with Crippen LogP contribution in [-0.4, -0.2) is 37.5 Å². The Morgan fingerprint density at radius 3 is 3.08 bits per heavy atom. The lowest BCUT2D eigenvalue weighted by Gasteiger charge is -2.40. The van der Waals surface area contributed by atoms with Crippen LogP contribution >= 0.6 is 0 Å². The van der Waals surface area contributed by atoms with Crippen molar-refractivity contribution in [3.63, 3.8) is 0 Å². The summed E-state index contributed by atoms with van der Waals surface area (Å²) in [6.07, 6.45) is -0.848. The van der Waals surface area contributed by atoms with E-state index in [-0.39, 0.29) is 31.3 Å². The van der Waals surface area contributed by atoms with Crippen molar-refractivity contribution in [3.05, 3.63) is 0 Å². The maximum Gasteiger partial charge on any atom is 0.286 e. The number of halogens is 2. The summed E-state index contributed by atoms with van der Waals surface area (Å²) in [7, 11) is 0. The highest BCUT2D eigenvalue weighted by molar-refractivity contribution is 5.80. The van der Waals surface area contributed by atoms with Gasteiger partial charge in [0.05, 0.1) is 6.54 Å². The van der Waals surface area contributed by atoms with Crippen LogP contribution in [0.3, 0.4) is 0 Å². The molecule has 1 N–H and O–H groups in total. The van der Waals surface area contributed by atoms with Gasteiger partial charge in [0.25, 0.3) is 5.92 Å². The zero-order valence-corrected chi connectivity index (χ0v) is 7.06. The van der Waals surface area contributed by atoms with Crippen molar-refractivity contribution in [2.24, 2.45) is 5.92 Å². The Morgan fingerprint density at radius 2 is 2.31 bits per heavy atom. The number of carbonyl (C=O) groups excluding carboxylic acids is 1. The second-order valence-corrected chi connectivity index (χ2v) is 3.63. The topological polar surface area (TPSA) is 38.3 Å². The zero-order chi connectivity index (χ0) is 9.47. The molecule has 0 spiro atoms. The van der Waals surface area contributed by atoms with E-state index in [1.165, 1.54) is 0 Å². The summed E-state index contributed by atoms with van der Waals surface area (Å²) in [5.41, 5.74) is 0. The fourth-order valence-electron chi connectivity index (χ4n) is 1.95. The van der Waals surface area contributed by atoms with Gasteiger partial charge in [-0.05, 0) is 0 Å². The fourth-order valence-corrected chi connectivity index (χ4v) is 1.95. The summed E-state index contributed by atoms with van der Waals surface area (Å²) in [6, 6.07) is 0. The van der Waals surface area contributed by atoms with Gasteiger partial charge in [0.1, 0.15) is 12.7 Å². The second kappa shape index (κ2) is 2.99. The lowest BCUT2D eigenvalue weighted by Crippen LogP contribution is -2.58. The number of hydrogen-bond acceptors (Lipinski definition) is 3. The van der Waals surface area contributed by atoms with Crippen LogP contribution in [0.4, 0.5) is 8.78 Å². The molecule has 2 fully saturated rings. The van der Waals surface area contributed by atoms with Gasteiger partial charge in [-0.3, -0.25) is 4.79 Å². The van der Waals surface area contributed by atoms with E-state index in [2.05, 4.69) is 5.32 Å². The maximum atomic E-state index is 13.2. The molecular formula is C8H11F2NO2. The molecule has 2 rings (SSSR count). The molecule has 0 amide bonds. The molecule has 3 nitrogen and oxygen atoms in total. The first-order chi connectivity index (χ1) is 6.09. The number of carbonyl (C=O) groups is 1. The first-order valence-electron chi connectivity index (χ1n) is 4.31. The number of nitrogens with one attached hydrogen (secondary N) is 1. The number of Topliss-reactive ketones (excluding diaryl/α,β-unsaturated/α-hetero) is 1. The molecule has 74 valence electrons. The first-order valence-corrected chi connectivity index (χ1v) is 4.31. The number of rotatable bonds is 0. The van der Waals surface area contributed by atoms with E-state index in [1.807, 2.05) is 0 Å². The Kier molecular flexibility index (Phi) is 2.08. The van der Waals surface area contributed by atoms with Crippen molar-refractivity contribution in [1.82, 2.24) is 5.32 Å². The van der Waals surface area contributed by atoms with Crippen LogP contribution in [-0.2, 0) is 9.53 Å². The molecule has 0 aromatic rings. The molecule has 2 aliphatic rings. The van der Waals surface area contributed by atoms with Gasteiger partial charge in [0.2, 0.25) is 0 Å². The summed E-state index contributed by atoms with van der Waals surface area (Å²) in [6.45, 7) is -0.0505. The highest BCUT2D eigenvalue weighted by Crippen LogP contribution is 2.33. The number of fused-ring (bicyclic) bond motifs is 1. The monoisotopic (exact) mass is 191 g/mol. The van der Waals surface area contributed by atoms with E-state index >= 15 is 0 Å². The lowest BCUT2D eigenvalue weighted by molar-refractivity contribution is -0.189. The first kappa shape index (κ1) is 9.02. The van der Waals surface area contributed by atoms with Gasteiger partial charge in [-0.2, -0.15) is 0 Å². The van der Waals surface area contributed by atoms with Crippen LogP contribution in [0.2, 0.25) is 0 Å². The highest BCUT2D eigenvalue weighted by Gasteiger charge is 2.50. The molecule has 0 aliphatic carbocycles. The average molecular weight is 191 g/mol. The maximum absolute atomic E-state index is 13.2. The van der Waals surface area contributed by atoms with Crippen LogP contribution in [0.15, 0.2) is 0 Å². The van der Waals surface area contributed by atoms with Crippen LogP contribution in [0.1, 0.15) is 6.42 Å². The molecule has 2 aliphatic heterocycles. The predicted octanol–water partition coefficient (Wildman–Crippen LogP) is 0.199. The van der Waals surface area contributed by atoms with Crippen molar-refractivity contribution < 1.29 is 18.3 Å². The van der Waals surface area contributed by atoms with Gasteiger partial charge in [-0.15, -0.1) is 0 Å². The summed E-state index contributed by atoms with van der Waals surface area (Å²) < 4.78 is 31.2. The minimum absolute atomic E-state index is 0.0826. The molecule has 2 unspecified atom stereocenters. The summed E-state index contributed by atoms with van der Waals surface area (Å²) >= 11 is 0. The smallest absolute Gasteiger partial charge is 0.286 e. The van der Waals surface area contributed by atoms with Gasteiger partial charge in [0.15, 0.2) is 5.78 Å². The van der Waals surface area contributed by atoms with Crippen LogP contribution < -0.4 is 5.32 Å². The van der Waals surface area contributed by atoms with Crippen LogP contribution in [0.5, 0.6) is 0 Å². The molecule has 0 aromatic heterocycles. The van der Waals surface area contributed by atoms with E-state index in [9.17, 15) is 13.6 Å². The van der Waals surface area contributed by atoms with Gasteiger partial charge < -0.3 is 10.1 Å². The molecular weight excluding hydrogens is 180 g/mol. The molecule has 13 heavy (non-hydrogen) atoms. The molecule has 0 aromatic carbocycles. The highest BCUT2D eigenvalue weighted by atomic mass is 19.3. The minimum atomic E-state index is -2.83. The Bertz CT molecular complexity index is 232. The molecule has 2 atom stereocenters. The SMILES string of the molecule is O=C1COC2C(CNCC2(F)F)C1. The molecule has 0 saturated carbocycles. The normalized spacial score (nSPS) is 38.5. The van der Waals surface area contributed by atoms with Gasteiger partial charge in [0, 0.05) is 18.9 Å². The van der Waals surface area contributed by atoms with Gasteiger partial charge >= 0.3 is 0 Å². The standard InChI is InChI=1S/C8H11F2NO2/c9-8(10)4-11-2-5-1-6(12)3-13-7(5)8/h5,7,11H,1-4H2. The third kappa shape index (κ3) is 1.58. The van der Waals surface area contributed by atoms with Crippen LogP contribution in [0, 0.1) is 5.92 Å². The molecule has 2 saturated heterocycles. The minimum Gasteiger partial charge on any atom is -0.364 e. The predicted molar refractivity (Wildman–Crippen MR) is 40.7 cm³/mol. The van der Waals surface area contributed by atoms with Crippen molar-refractivity contribution in [1.29, 1.82) is 0 Å². The molecule has 0 bridgehead atoms. The summed E-state index contributed by atoms with van der Waals surface area (Å²) in [5.74, 6) is -3.27. The molecule has 5 heteroatoms. The third-order valence-corrected chi connectivity index (χ3v) is 2.53. The molecule has 2 heterocycles. The van der Waals surface area contributed by atoms with E-state index < -0.39 is 12.0 Å². The quantitative estimate of drug-likeness (QED) is 0.594. The Balaban J connectivity index is 2.12. The second-order valence-electron chi connectivity index (χ2n) is 3.63. The molecule has 0 radical (unpaired) electrons. The largest absolute Gasteiger partial charge is 0.364 e. The van der Waals surface area contributed by atoms with Crippen molar-refractivity contribution >= 4 is 5.78 Å². The number of alkyl halides is 2. The number of hydrogen-bond donors (Lipinski definition) is 1. The average Bonchev–Trinajstić information content (AvgIpc) is 2.02. The van der Waals surface area contributed by atoms with E-state index in [0.29, 0.717) is 6.54 Å². The van der Waals surface area contributed by atoms with Gasteiger partial charge in [-0.1, -0.05) is 0 Å². The Labute approximate surface area is 74.4 Å². The van der Waals surface area contributed by atoms with Crippen molar-refractivity contribution in [2.45, 2.75) is 18.4 Å². The summed E-state index contributed by atoms with van der Waals surface area (Å²) in [4.78, 5) is 10.9.